The van der Waals surface area contributed by atoms with Crippen LogP contribution in [0.4, 0.5) is 8.78 Å². The molecule has 0 saturated heterocycles. The molecule has 0 radical (unpaired) electrons. The summed E-state index contributed by atoms with van der Waals surface area (Å²) in [4.78, 5) is 15.2. The second-order valence-corrected chi connectivity index (χ2v) is 6.37. The standard InChI is InChI=1S/C20H28F2N2O2/c1-2-3-5-11-17(14-16-9-6-4-7-10-16)15-24-13-8-12-20(23,18(21)22)19(25)26/h4,6-7,9-10,14-15,18H,2-3,5,8,11-13,23H2,1H3,(H,25,26)/b17-14+,24-15?. The van der Waals surface area contributed by atoms with E-state index in [-0.39, 0.29) is 19.4 Å². The number of nitrogens with zero attached hydrogens (tertiary/aromatic N) is 1. The molecule has 1 rings (SSSR count). The van der Waals surface area contributed by atoms with Crippen LogP contribution in [0.2, 0.25) is 0 Å². The molecular weight excluding hydrogens is 338 g/mol. The second-order valence-electron chi connectivity index (χ2n) is 6.37. The fourth-order valence-electron chi connectivity index (χ4n) is 2.47. The number of benzene rings is 1. The Morgan fingerprint density at radius 3 is 2.54 bits per heavy atom. The van der Waals surface area contributed by atoms with Crippen molar-refractivity contribution in [2.45, 2.75) is 57.4 Å². The predicted octanol–water partition coefficient (Wildman–Crippen LogP) is 4.55. The number of nitrogens with two attached hydrogens (primary N) is 1. The highest BCUT2D eigenvalue weighted by atomic mass is 19.3. The molecule has 0 heterocycles. The third-order valence-electron chi connectivity index (χ3n) is 4.14. The van der Waals surface area contributed by atoms with E-state index in [1.807, 2.05) is 30.3 Å². The molecule has 0 aliphatic rings. The van der Waals surface area contributed by atoms with Crippen LogP contribution in [0.3, 0.4) is 0 Å². The summed E-state index contributed by atoms with van der Waals surface area (Å²) in [5, 5.41) is 8.88. The summed E-state index contributed by atoms with van der Waals surface area (Å²) in [6.07, 6.45) is 4.78. The summed E-state index contributed by atoms with van der Waals surface area (Å²) in [6.45, 7) is 2.40. The van der Waals surface area contributed by atoms with Gasteiger partial charge in [0.15, 0.2) is 5.54 Å². The molecule has 0 aromatic heterocycles. The molecule has 144 valence electrons. The number of hydrogen-bond acceptors (Lipinski definition) is 3. The minimum absolute atomic E-state index is 0.192. The summed E-state index contributed by atoms with van der Waals surface area (Å²) in [7, 11) is 0. The van der Waals surface area contributed by atoms with Crippen molar-refractivity contribution in [1.82, 2.24) is 0 Å². The number of halogens is 2. The Hall–Kier alpha value is -2.08. The molecule has 0 spiro atoms. The van der Waals surface area contributed by atoms with Crippen LogP contribution in [-0.2, 0) is 4.79 Å². The van der Waals surface area contributed by atoms with Crippen molar-refractivity contribution < 1.29 is 18.7 Å². The number of carbonyl (C=O) groups is 1. The quantitative estimate of drug-likeness (QED) is 0.421. The van der Waals surface area contributed by atoms with Crippen molar-refractivity contribution in [3.8, 4) is 0 Å². The van der Waals surface area contributed by atoms with Crippen LogP contribution in [-0.4, -0.2) is 35.8 Å². The van der Waals surface area contributed by atoms with Gasteiger partial charge < -0.3 is 10.8 Å². The van der Waals surface area contributed by atoms with Gasteiger partial charge in [0.05, 0.1) is 0 Å². The third kappa shape index (κ3) is 7.44. The zero-order valence-electron chi connectivity index (χ0n) is 15.2. The van der Waals surface area contributed by atoms with Crippen LogP contribution < -0.4 is 5.73 Å². The molecule has 0 bridgehead atoms. The summed E-state index contributed by atoms with van der Waals surface area (Å²) in [5.74, 6) is -1.68. The Morgan fingerprint density at radius 2 is 1.96 bits per heavy atom. The molecule has 0 aliphatic carbocycles. The number of aliphatic imine (C=N–C) groups is 1. The monoisotopic (exact) mass is 366 g/mol. The lowest BCUT2D eigenvalue weighted by Gasteiger charge is -2.22. The summed E-state index contributed by atoms with van der Waals surface area (Å²) in [5.41, 5.74) is 4.94. The maximum absolute atomic E-state index is 12.8. The molecule has 0 fully saturated rings. The van der Waals surface area contributed by atoms with E-state index in [1.54, 1.807) is 6.21 Å². The van der Waals surface area contributed by atoms with E-state index in [4.69, 9.17) is 10.8 Å². The summed E-state index contributed by atoms with van der Waals surface area (Å²) < 4.78 is 25.7. The fourth-order valence-corrected chi connectivity index (χ4v) is 2.47. The smallest absolute Gasteiger partial charge is 0.329 e. The van der Waals surface area contributed by atoms with E-state index in [1.165, 1.54) is 0 Å². The van der Waals surface area contributed by atoms with Gasteiger partial charge in [0.25, 0.3) is 6.43 Å². The molecule has 1 aromatic rings. The SMILES string of the molecule is CCCCC/C(C=NCCCC(N)(C(=O)O)C(F)F)=C\c1ccccc1. The number of unbranched alkanes of at least 4 members (excludes halogenated alkanes) is 2. The second kappa shape index (κ2) is 11.5. The van der Waals surface area contributed by atoms with E-state index < -0.39 is 17.9 Å². The minimum atomic E-state index is -3.11. The average Bonchev–Trinajstić information content (AvgIpc) is 2.61. The van der Waals surface area contributed by atoms with Crippen molar-refractivity contribution in [2.75, 3.05) is 6.54 Å². The van der Waals surface area contributed by atoms with E-state index in [0.717, 1.165) is 36.8 Å². The van der Waals surface area contributed by atoms with Gasteiger partial charge in [0.2, 0.25) is 0 Å². The topological polar surface area (TPSA) is 75.7 Å². The van der Waals surface area contributed by atoms with Crippen molar-refractivity contribution in [3.63, 3.8) is 0 Å². The lowest BCUT2D eigenvalue weighted by molar-refractivity contribution is -0.150. The lowest BCUT2D eigenvalue weighted by Crippen LogP contribution is -2.54. The molecule has 1 aromatic carbocycles. The number of carboxylic acid groups (broad SMARTS) is 1. The highest BCUT2D eigenvalue weighted by Crippen LogP contribution is 2.19. The predicted molar refractivity (Wildman–Crippen MR) is 102 cm³/mol. The van der Waals surface area contributed by atoms with Crippen LogP contribution in [0.25, 0.3) is 6.08 Å². The first-order valence-corrected chi connectivity index (χ1v) is 8.96. The van der Waals surface area contributed by atoms with E-state index in [0.29, 0.717) is 0 Å². The highest BCUT2D eigenvalue weighted by molar-refractivity contribution is 5.85. The number of hydrogen-bond donors (Lipinski definition) is 2. The van der Waals surface area contributed by atoms with Gasteiger partial charge in [-0.15, -0.1) is 0 Å². The molecule has 0 amide bonds. The first kappa shape index (κ1) is 22.0. The molecule has 1 atom stereocenters. The van der Waals surface area contributed by atoms with Crippen molar-refractivity contribution in [2.24, 2.45) is 10.7 Å². The van der Waals surface area contributed by atoms with Gasteiger partial charge in [-0.1, -0.05) is 56.2 Å². The van der Waals surface area contributed by atoms with Crippen molar-refractivity contribution in [3.05, 3.63) is 41.5 Å². The van der Waals surface area contributed by atoms with Crippen LogP contribution in [0.5, 0.6) is 0 Å². The first-order valence-electron chi connectivity index (χ1n) is 8.96. The average molecular weight is 366 g/mol. The van der Waals surface area contributed by atoms with Crippen LogP contribution in [0, 0.1) is 0 Å². The van der Waals surface area contributed by atoms with Gasteiger partial charge in [-0.2, -0.15) is 0 Å². The minimum Gasteiger partial charge on any atom is -0.480 e. The maximum atomic E-state index is 12.8. The van der Waals surface area contributed by atoms with Gasteiger partial charge in [-0.3, -0.25) is 4.99 Å². The third-order valence-corrected chi connectivity index (χ3v) is 4.14. The van der Waals surface area contributed by atoms with Gasteiger partial charge in [-0.05, 0) is 36.8 Å². The van der Waals surface area contributed by atoms with Gasteiger partial charge in [-0.25, -0.2) is 13.6 Å². The summed E-state index contributed by atoms with van der Waals surface area (Å²) >= 11 is 0. The van der Waals surface area contributed by atoms with Crippen LogP contribution in [0.1, 0.15) is 51.0 Å². The molecule has 3 N–H and O–H groups in total. The Labute approximate surface area is 153 Å². The molecule has 26 heavy (non-hydrogen) atoms. The number of allylic oxidation sites excluding steroid dienone is 1. The Bertz CT molecular complexity index is 603. The normalized spacial score (nSPS) is 14.7. The highest BCUT2D eigenvalue weighted by Gasteiger charge is 2.43. The van der Waals surface area contributed by atoms with Crippen LogP contribution in [0.15, 0.2) is 40.9 Å². The Morgan fingerprint density at radius 1 is 1.27 bits per heavy atom. The van der Waals surface area contributed by atoms with E-state index >= 15 is 0 Å². The molecule has 1 unspecified atom stereocenters. The Balaban J connectivity index is 2.64. The molecule has 0 aliphatic heterocycles. The van der Waals surface area contributed by atoms with Gasteiger partial charge in [0.1, 0.15) is 0 Å². The van der Waals surface area contributed by atoms with Crippen LogP contribution >= 0.6 is 0 Å². The van der Waals surface area contributed by atoms with Gasteiger partial charge >= 0.3 is 5.97 Å². The number of rotatable bonds is 12. The first-order chi connectivity index (χ1) is 12.4. The fraction of sp³-hybridized carbons (Fsp3) is 0.500. The van der Waals surface area contributed by atoms with Gasteiger partial charge in [0, 0.05) is 12.8 Å². The summed E-state index contributed by atoms with van der Waals surface area (Å²) in [6, 6.07) is 9.89. The molecular formula is C20H28F2N2O2. The zero-order valence-corrected chi connectivity index (χ0v) is 15.2. The Kier molecular flexibility index (Phi) is 9.73. The maximum Gasteiger partial charge on any atom is 0.329 e. The van der Waals surface area contributed by atoms with E-state index in [9.17, 15) is 13.6 Å². The molecule has 0 saturated carbocycles. The number of aliphatic carboxylic acids is 1. The van der Waals surface area contributed by atoms with Crippen molar-refractivity contribution >= 4 is 18.3 Å². The van der Waals surface area contributed by atoms with Crippen molar-refractivity contribution in [1.29, 1.82) is 0 Å². The largest absolute Gasteiger partial charge is 0.480 e. The lowest BCUT2D eigenvalue weighted by atomic mass is 9.95. The number of carboxylic acids is 1. The number of alkyl halides is 2. The zero-order chi connectivity index (χ0) is 19.4. The van der Waals surface area contributed by atoms with E-state index in [2.05, 4.69) is 18.0 Å². The molecule has 4 nitrogen and oxygen atoms in total. The molecule has 6 heteroatoms.